The number of hydrogen-bond donors (Lipinski definition) is 0. The maximum Gasteiger partial charge on any atom is 0.120 e. The molecule has 0 heterocycles. The van der Waals surface area contributed by atoms with E-state index < -0.39 is 0 Å². The number of alkyl halides is 1. The molecule has 1 unspecified atom stereocenters. The van der Waals surface area contributed by atoms with Crippen LogP contribution in [0.5, 0.6) is 5.75 Å². The molecular weight excluding hydrogens is 403 g/mol. The molecule has 0 aliphatic heterocycles. The van der Waals surface area contributed by atoms with Gasteiger partial charge in [0.15, 0.2) is 0 Å². The number of benzene rings is 2. The Labute approximate surface area is 141 Å². The number of rotatable bonds is 4. The van der Waals surface area contributed by atoms with Crippen LogP contribution in [0.1, 0.15) is 29.0 Å². The molecule has 0 saturated carbocycles. The maximum atomic E-state index is 6.60. The van der Waals surface area contributed by atoms with Gasteiger partial charge < -0.3 is 4.74 Å². The highest BCUT2D eigenvalue weighted by Gasteiger charge is 2.15. The molecule has 2 rings (SSSR count). The monoisotopic (exact) mass is 416 g/mol. The highest BCUT2D eigenvalue weighted by atomic mass is 79.9. The lowest BCUT2D eigenvalue weighted by Crippen LogP contribution is -1.97. The molecule has 0 amide bonds. The fraction of sp³-hybridized carbons (Fsp3) is 0.250. The maximum absolute atomic E-state index is 6.60. The summed E-state index contributed by atoms with van der Waals surface area (Å²) in [5.74, 6) is 0.845. The zero-order valence-electron chi connectivity index (χ0n) is 11.3. The van der Waals surface area contributed by atoms with Crippen molar-refractivity contribution < 1.29 is 4.74 Å². The highest BCUT2D eigenvalue weighted by molar-refractivity contribution is 9.10. The molecule has 20 heavy (non-hydrogen) atoms. The minimum absolute atomic E-state index is 0.197. The highest BCUT2D eigenvalue weighted by Crippen LogP contribution is 2.36. The van der Waals surface area contributed by atoms with Gasteiger partial charge in [0.2, 0.25) is 0 Å². The normalized spacial score (nSPS) is 12.2. The molecule has 1 atom stereocenters. The zero-order valence-corrected chi connectivity index (χ0v) is 15.2. The van der Waals surface area contributed by atoms with Gasteiger partial charge in [0.05, 0.1) is 12.0 Å². The predicted molar refractivity (Wildman–Crippen MR) is 91.9 cm³/mol. The van der Waals surface area contributed by atoms with Gasteiger partial charge in [0, 0.05) is 8.95 Å². The molecule has 0 spiro atoms. The van der Waals surface area contributed by atoms with Gasteiger partial charge in [-0.15, -0.1) is 11.6 Å². The van der Waals surface area contributed by atoms with E-state index in [0.29, 0.717) is 6.61 Å². The third-order valence-corrected chi connectivity index (χ3v) is 5.07. The largest absolute Gasteiger partial charge is 0.494 e. The number of aryl methyl sites for hydroxylation is 1. The van der Waals surface area contributed by atoms with Gasteiger partial charge >= 0.3 is 0 Å². The summed E-state index contributed by atoms with van der Waals surface area (Å²) in [6.45, 7) is 4.68. The van der Waals surface area contributed by atoms with Crippen LogP contribution >= 0.6 is 43.5 Å². The Morgan fingerprint density at radius 3 is 2.45 bits per heavy atom. The van der Waals surface area contributed by atoms with Crippen molar-refractivity contribution in [1.82, 2.24) is 0 Å². The summed E-state index contributed by atoms with van der Waals surface area (Å²) in [7, 11) is 0. The van der Waals surface area contributed by atoms with Crippen molar-refractivity contribution in [2.45, 2.75) is 19.2 Å². The Hall–Kier alpha value is -0.510. The van der Waals surface area contributed by atoms with Crippen LogP contribution in [0.15, 0.2) is 45.3 Å². The average molecular weight is 419 g/mol. The van der Waals surface area contributed by atoms with E-state index in [1.165, 1.54) is 5.56 Å². The molecule has 0 aliphatic rings. The Bertz CT molecular complexity index is 613. The molecule has 2 aromatic carbocycles. The van der Waals surface area contributed by atoms with Crippen LogP contribution in [0.2, 0.25) is 0 Å². The predicted octanol–water partition coefficient (Wildman–Crippen LogP) is 6.25. The molecule has 0 bridgehead atoms. The minimum Gasteiger partial charge on any atom is -0.494 e. The first-order chi connectivity index (χ1) is 9.52. The summed E-state index contributed by atoms with van der Waals surface area (Å²) in [6.07, 6.45) is 0. The molecule has 1 nitrogen and oxygen atoms in total. The van der Waals surface area contributed by atoms with Crippen molar-refractivity contribution in [3.63, 3.8) is 0 Å². The zero-order chi connectivity index (χ0) is 14.7. The van der Waals surface area contributed by atoms with E-state index in [0.717, 1.165) is 25.8 Å². The number of halogens is 3. The average Bonchev–Trinajstić information content (AvgIpc) is 2.42. The second-order valence-electron chi connectivity index (χ2n) is 4.49. The van der Waals surface area contributed by atoms with Gasteiger partial charge in [-0.1, -0.05) is 50.1 Å². The SMILES string of the molecule is CCOc1ccc(C(Cl)c2ccc(C)c(Br)c2)c(Br)c1. The molecule has 0 radical (unpaired) electrons. The van der Waals surface area contributed by atoms with Crippen LogP contribution in [-0.4, -0.2) is 6.61 Å². The van der Waals surface area contributed by atoms with Crippen LogP contribution in [0.3, 0.4) is 0 Å². The summed E-state index contributed by atoms with van der Waals surface area (Å²) in [5, 5.41) is -0.197. The Morgan fingerprint density at radius 2 is 1.85 bits per heavy atom. The lowest BCUT2D eigenvalue weighted by Gasteiger charge is -2.14. The fourth-order valence-electron chi connectivity index (χ4n) is 1.92. The summed E-state index contributed by atoms with van der Waals surface area (Å²) in [6, 6.07) is 12.1. The van der Waals surface area contributed by atoms with Crippen LogP contribution in [0.4, 0.5) is 0 Å². The first-order valence-corrected chi connectivity index (χ1v) is 8.37. The second-order valence-corrected chi connectivity index (χ2v) is 6.63. The van der Waals surface area contributed by atoms with Crippen molar-refractivity contribution in [3.8, 4) is 5.75 Å². The fourth-order valence-corrected chi connectivity index (χ4v) is 3.36. The van der Waals surface area contributed by atoms with Crippen LogP contribution < -0.4 is 4.74 Å². The van der Waals surface area contributed by atoms with E-state index in [1.54, 1.807) is 0 Å². The van der Waals surface area contributed by atoms with Crippen molar-refractivity contribution in [2.24, 2.45) is 0 Å². The Balaban J connectivity index is 2.32. The Morgan fingerprint density at radius 1 is 1.10 bits per heavy atom. The van der Waals surface area contributed by atoms with E-state index in [-0.39, 0.29) is 5.38 Å². The lowest BCUT2D eigenvalue weighted by molar-refractivity contribution is 0.340. The first-order valence-electron chi connectivity index (χ1n) is 6.35. The summed E-state index contributed by atoms with van der Waals surface area (Å²) < 4.78 is 7.51. The molecular formula is C16H15Br2ClO. The molecule has 0 saturated heterocycles. The molecule has 2 aromatic rings. The van der Waals surface area contributed by atoms with Gasteiger partial charge in [-0.3, -0.25) is 0 Å². The molecule has 0 fully saturated rings. The van der Waals surface area contributed by atoms with Crippen LogP contribution in [-0.2, 0) is 0 Å². The van der Waals surface area contributed by atoms with E-state index in [9.17, 15) is 0 Å². The van der Waals surface area contributed by atoms with E-state index in [4.69, 9.17) is 16.3 Å². The molecule has 0 aromatic heterocycles. The van der Waals surface area contributed by atoms with Crippen molar-refractivity contribution in [2.75, 3.05) is 6.61 Å². The van der Waals surface area contributed by atoms with Gasteiger partial charge in [0.1, 0.15) is 5.75 Å². The topological polar surface area (TPSA) is 9.23 Å². The van der Waals surface area contributed by atoms with Crippen molar-refractivity contribution >= 4 is 43.5 Å². The van der Waals surface area contributed by atoms with Crippen molar-refractivity contribution in [3.05, 3.63) is 62.0 Å². The third kappa shape index (κ3) is 3.57. The molecule has 0 N–H and O–H groups in total. The minimum atomic E-state index is -0.197. The van der Waals surface area contributed by atoms with Crippen molar-refractivity contribution in [1.29, 1.82) is 0 Å². The van der Waals surface area contributed by atoms with Crippen LogP contribution in [0.25, 0.3) is 0 Å². The number of hydrogen-bond acceptors (Lipinski definition) is 1. The second kappa shape index (κ2) is 6.97. The lowest BCUT2D eigenvalue weighted by atomic mass is 10.0. The summed E-state index contributed by atoms with van der Waals surface area (Å²) in [5.41, 5.74) is 3.29. The van der Waals surface area contributed by atoms with Gasteiger partial charge in [0.25, 0.3) is 0 Å². The third-order valence-electron chi connectivity index (χ3n) is 3.04. The number of ether oxygens (including phenoxy) is 1. The quantitative estimate of drug-likeness (QED) is 0.534. The Kier molecular flexibility index (Phi) is 5.53. The molecule has 4 heteroatoms. The standard InChI is InChI=1S/C16H15Br2ClO/c1-3-20-12-6-7-13(15(18)9-12)16(19)11-5-4-10(2)14(17)8-11/h4-9,16H,3H2,1-2H3. The molecule has 106 valence electrons. The van der Waals surface area contributed by atoms with E-state index >= 15 is 0 Å². The molecule has 0 aliphatic carbocycles. The first kappa shape index (κ1) is 15.9. The summed E-state index contributed by atoms with van der Waals surface area (Å²) in [4.78, 5) is 0. The van der Waals surface area contributed by atoms with Crippen LogP contribution in [0, 0.1) is 6.92 Å². The smallest absolute Gasteiger partial charge is 0.120 e. The van der Waals surface area contributed by atoms with Gasteiger partial charge in [-0.05, 0) is 48.7 Å². The van der Waals surface area contributed by atoms with E-state index in [2.05, 4.69) is 57.0 Å². The van der Waals surface area contributed by atoms with E-state index in [1.807, 2.05) is 25.1 Å². The van der Waals surface area contributed by atoms with Gasteiger partial charge in [-0.25, -0.2) is 0 Å². The van der Waals surface area contributed by atoms with Gasteiger partial charge in [-0.2, -0.15) is 0 Å². The summed E-state index contributed by atoms with van der Waals surface area (Å²) >= 11 is 13.7.